The number of urea groups is 1. The van der Waals surface area contributed by atoms with Crippen molar-refractivity contribution < 1.29 is 28.0 Å². The summed E-state index contributed by atoms with van der Waals surface area (Å²) in [6.45, 7) is 1.36. The van der Waals surface area contributed by atoms with E-state index in [1.165, 1.54) is 19.3 Å². The molecule has 0 aliphatic carbocycles. The van der Waals surface area contributed by atoms with Crippen LogP contribution in [-0.4, -0.2) is 28.5 Å². The van der Waals surface area contributed by atoms with E-state index >= 15 is 0 Å². The molecule has 1 aliphatic rings. The maximum absolute atomic E-state index is 12.7. The largest absolute Gasteiger partial charge is 0.467 e. The van der Waals surface area contributed by atoms with Crippen molar-refractivity contribution in [3.8, 4) is 11.3 Å². The van der Waals surface area contributed by atoms with Crippen molar-refractivity contribution in [2.45, 2.75) is 13.5 Å². The van der Waals surface area contributed by atoms with Gasteiger partial charge in [-0.2, -0.15) is 0 Å². The Balaban J connectivity index is 1.61. The number of hydrogen-bond donors (Lipinski definition) is 1. The molecule has 0 radical (unpaired) electrons. The summed E-state index contributed by atoms with van der Waals surface area (Å²) in [6.07, 6.45) is 2.70. The molecule has 3 heterocycles. The summed E-state index contributed by atoms with van der Waals surface area (Å²) in [5.74, 6) is -0.510. The predicted octanol–water partition coefficient (Wildman–Crippen LogP) is 3.40. The first-order valence-electron chi connectivity index (χ1n) is 9.05. The highest BCUT2D eigenvalue weighted by atomic mass is 16.3. The zero-order valence-corrected chi connectivity index (χ0v) is 15.9. The van der Waals surface area contributed by atoms with E-state index in [0.29, 0.717) is 22.6 Å². The maximum atomic E-state index is 12.7. The second kappa shape index (κ2) is 7.67. The van der Waals surface area contributed by atoms with Gasteiger partial charge in [-0.05, 0) is 43.3 Å². The Morgan fingerprint density at radius 3 is 2.67 bits per heavy atom. The first-order valence-corrected chi connectivity index (χ1v) is 9.05. The molecule has 8 nitrogen and oxygen atoms in total. The standard InChI is InChI=1S/C22H16N2O6/c1-13(25)14-4-2-5-15(10-14)19-8-7-16(30-19)11-18-20(26)23-22(28)24(21(18)27)12-17-6-3-9-29-17/h2-11H,12H2,1H3,(H,23,26,28). The van der Waals surface area contributed by atoms with Gasteiger partial charge in [0.05, 0.1) is 12.8 Å². The van der Waals surface area contributed by atoms with Crippen molar-refractivity contribution in [2.75, 3.05) is 0 Å². The quantitative estimate of drug-likeness (QED) is 0.396. The maximum Gasteiger partial charge on any atom is 0.331 e. The number of amides is 4. The highest BCUT2D eigenvalue weighted by Crippen LogP contribution is 2.25. The van der Waals surface area contributed by atoms with Crippen LogP contribution in [-0.2, 0) is 16.1 Å². The van der Waals surface area contributed by atoms with E-state index in [-0.39, 0.29) is 23.7 Å². The number of Topliss-reactive ketones (excluding diaryl/α,β-unsaturated/α-hetero) is 1. The van der Waals surface area contributed by atoms with Gasteiger partial charge >= 0.3 is 6.03 Å². The molecule has 0 atom stereocenters. The molecule has 0 saturated carbocycles. The van der Waals surface area contributed by atoms with Gasteiger partial charge in [0.1, 0.15) is 22.9 Å². The van der Waals surface area contributed by atoms with Gasteiger partial charge in [-0.15, -0.1) is 0 Å². The van der Waals surface area contributed by atoms with Crippen LogP contribution >= 0.6 is 0 Å². The van der Waals surface area contributed by atoms with Crippen molar-refractivity contribution in [1.29, 1.82) is 0 Å². The molecular weight excluding hydrogens is 388 g/mol. The Bertz CT molecular complexity index is 1190. The Morgan fingerprint density at radius 1 is 1.10 bits per heavy atom. The molecule has 4 amide bonds. The molecule has 3 aromatic rings. The van der Waals surface area contributed by atoms with Crippen molar-refractivity contribution in [2.24, 2.45) is 0 Å². The number of hydrogen-bond acceptors (Lipinski definition) is 6. The fraction of sp³-hybridized carbons (Fsp3) is 0.0909. The minimum Gasteiger partial charge on any atom is -0.467 e. The van der Waals surface area contributed by atoms with Gasteiger partial charge in [-0.3, -0.25) is 24.6 Å². The number of nitrogens with zero attached hydrogens (tertiary/aromatic N) is 1. The first kappa shape index (κ1) is 19.1. The molecule has 1 saturated heterocycles. The Hall–Kier alpha value is -4.20. The van der Waals surface area contributed by atoms with Crippen molar-refractivity contribution in [3.63, 3.8) is 0 Å². The number of rotatable bonds is 5. The molecular formula is C22H16N2O6. The summed E-state index contributed by atoms with van der Waals surface area (Å²) < 4.78 is 10.9. The van der Waals surface area contributed by atoms with E-state index in [9.17, 15) is 19.2 Å². The van der Waals surface area contributed by atoms with Crippen LogP contribution < -0.4 is 5.32 Å². The normalized spacial score (nSPS) is 15.6. The number of benzene rings is 1. The zero-order chi connectivity index (χ0) is 21.3. The van der Waals surface area contributed by atoms with Crippen LogP contribution in [0.4, 0.5) is 4.79 Å². The lowest BCUT2D eigenvalue weighted by molar-refractivity contribution is -0.130. The van der Waals surface area contributed by atoms with Crippen molar-refractivity contribution in [1.82, 2.24) is 10.2 Å². The minimum atomic E-state index is -0.820. The topological polar surface area (TPSA) is 110 Å². The second-order valence-electron chi connectivity index (χ2n) is 6.63. The molecule has 150 valence electrons. The van der Waals surface area contributed by atoms with Crippen LogP contribution in [0.3, 0.4) is 0 Å². The Kier molecular flexibility index (Phi) is 4.89. The third-order valence-electron chi connectivity index (χ3n) is 4.55. The lowest BCUT2D eigenvalue weighted by Crippen LogP contribution is -2.53. The first-order chi connectivity index (χ1) is 14.4. The molecule has 30 heavy (non-hydrogen) atoms. The Labute approximate surface area is 170 Å². The summed E-state index contributed by atoms with van der Waals surface area (Å²) in [5, 5.41) is 2.14. The summed E-state index contributed by atoms with van der Waals surface area (Å²) >= 11 is 0. The predicted molar refractivity (Wildman–Crippen MR) is 105 cm³/mol. The van der Waals surface area contributed by atoms with E-state index in [2.05, 4.69) is 5.32 Å². The zero-order valence-electron chi connectivity index (χ0n) is 15.9. The van der Waals surface area contributed by atoms with Crippen molar-refractivity contribution in [3.05, 3.63) is 77.5 Å². The monoisotopic (exact) mass is 404 g/mol. The van der Waals surface area contributed by atoms with E-state index in [1.807, 2.05) is 0 Å². The highest BCUT2D eigenvalue weighted by molar-refractivity contribution is 6.30. The van der Waals surface area contributed by atoms with Crippen LogP contribution in [0, 0.1) is 0 Å². The van der Waals surface area contributed by atoms with E-state index in [1.54, 1.807) is 48.5 Å². The summed E-state index contributed by atoms with van der Waals surface area (Å²) in [6, 6.07) is 12.6. The molecule has 0 bridgehead atoms. The van der Waals surface area contributed by atoms with Gasteiger partial charge in [0, 0.05) is 11.1 Å². The lowest BCUT2D eigenvalue weighted by atomic mass is 10.1. The van der Waals surface area contributed by atoms with Crippen LogP contribution in [0.2, 0.25) is 0 Å². The number of ketones is 1. The van der Waals surface area contributed by atoms with Gasteiger partial charge in [0.25, 0.3) is 11.8 Å². The Morgan fingerprint density at radius 2 is 1.93 bits per heavy atom. The van der Waals surface area contributed by atoms with Crippen LogP contribution in [0.25, 0.3) is 17.4 Å². The lowest BCUT2D eigenvalue weighted by Gasteiger charge is -2.25. The third-order valence-corrected chi connectivity index (χ3v) is 4.55. The summed E-state index contributed by atoms with van der Waals surface area (Å²) in [7, 11) is 0. The van der Waals surface area contributed by atoms with Crippen LogP contribution in [0.5, 0.6) is 0 Å². The fourth-order valence-electron chi connectivity index (χ4n) is 3.02. The number of barbiturate groups is 1. The summed E-state index contributed by atoms with van der Waals surface area (Å²) in [5.41, 5.74) is 0.985. The van der Waals surface area contributed by atoms with E-state index < -0.39 is 17.8 Å². The molecule has 0 spiro atoms. The second-order valence-corrected chi connectivity index (χ2v) is 6.63. The molecule has 8 heteroatoms. The van der Waals surface area contributed by atoms with Crippen LogP contribution in [0.1, 0.15) is 28.8 Å². The molecule has 1 aliphatic heterocycles. The third kappa shape index (κ3) is 3.70. The molecule has 2 aromatic heterocycles. The molecule has 1 fully saturated rings. The fourth-order valence-corrected chi connectivity index (χ4v) is 3.02. The van der Waals surface area contributed by atoms with Gasteiger partial charge in [-0.1, -0.05) is 18.2 Å². The van der Waals surface area contributed by atoms with Gasteiger partial charge < -0.3 is 8.83 Å². The molecule has 1 aromatic carbocycles. The van der Waals surface area contributed by atoms with Gasteiger partial charge in [0.2, 0.25) is 0 Å². The van der Waals surface area contributed by atoms with Crippen LogP contribution in [0.15, 0.2) is 69.2 Å². The number of carbonyl (C=O) groups is 4. The number of furan rings is 2. The average Bonchev–Trinajstić information content (AvgIpc) is 3.40. The molecule has 0 unspecified atom stereocenters. The van der Waals surface area contributed by atoms with E-state index in [0.717, 1.165) is 4.90 Å². The van der Waals surface area contributed by atoms with E-state index in [4.69, 9.17) is 8.83 Å². The molecule has 4 rings (SSSR count). The highest BCUT2D eigenvalue weighted by Gasteiger charge is 2.36. The SMILES string of the molecule is CC(=O)c1cccc(-c2ccc(C=C3C(=O)NC(=O)N(Cc4ccco4)C3=O)o2)c1. The number of imide groups is 2. The summed E-state index contributed by atoms with van der Waals surface area (Å²) in [4.78, 5) is 49.5. The number of nitrogens with one attached hydrogen (secondary N) is 1. The smallest absolute Gasteiger partial charge is 0.331 e. The van der Waals surface area contributed by atoms with Crippen molar-refractivity contribution >= 4 is 29.7 Å². The van der Waals surface area contributed by atoms with Gasteiger partial charge in [0.15, 0.2) is 5.78 Å². The van der Waals surface area contributed by atoms with Gasteiger partial charge in [-0.25, -0.2) is 4.79 Å². The minimum absolute atomic E-state index is 0.0727. The molecule has 1 N–H and O–H groups in total. The number of carbonyl (C=O) groups excluding carboxylic acids is 4. The average molecular weight is 404 g/mol.